The summed E-state index contributed by atoms with van der Waals surface area (Å²) >= 11 is 0. The maximum atomic E-state index is 13.8. The van der Waals surface area contributed by atoms with Gasteiger partial charge in [-0.3, -0.25) is 28.8 Å². The van der Waals surface area contributed by atoms with Gasteiger partial charge in [-0.15, -0.1) is 0 Å². The predicted octanol–water partition coefficient (Wildman–Crippen LogP) is 1.47. The number of hydrogen-bond donors (Lipinski definition) is 1. The molecule has 1 aromatic rings. The van der Waals surface area contributed by atoms with Crippen molar-refractivity contribution in [3.05, 3.63) is 41.0 Å². The van der Waals surface area contributed by atoms with Crippen LogP contribution in [0.5, 0.6) is 5.75 Å². The molecule has 2 aliphatic carbocycles. The van der Waals surface area contributed by atoms with Gasteiger partial charge in [-0.25, -0.2) is 0 Å². The number of ether oxygens (including phenoxy) is 6. The smallest absolute Gasteiger partial charge is 0.303 e. The van der Waals surface area contributed by atoms with Gasteiger partial charge < -0.3 is 33.5 Å². The fourth-order valence-corrected chi connectivity index (χ4v) is 5.63. The number of benzene rings is 1. The molecule has 8 atom stereocenters. The van der Waals surface area contributed by atoms with Crippen molar-refractivity contribution >= 4 is 35.4 Å². The Balaban J connectivity index is 1.77. The van der Waals surface area contributed by atoms with Gasteiger partial charge in [-0.2, -0.15) is 0 Å². The third-order valence-corrected chi connectivity index (χ3v) is 7.17. The standard InChI is InChI=1S/C29H32O13/c1-12-9-18-22(19(34)10-12)24(35)17-7-6-8-20(23(17)25(18)36)41-29-28(40-16(5)33)27(39-15(4)32)26(38-14(3)31)21(42-29)11-37-13(2)30/h6-8,10,18-19,21-22,26-29,34H,9,11H2,1-5H3/t18-,19-,21+,22-,26+,27-,28+,29+/m1/s1. The van der Waals surface area contributed by atoms with Gasteiger partial charge in [-0.1, -0.05) is 23.8 Å². The second kappa shape index (κ2) is 12.4. The van der Waals surface area contributed by atoms with Gasteiger partial charge in [0.05, 0.1) is 17.6 Å². The molecule has 0 spiro atoms. The number of ketones is 2. The number of aliphatic hydroxyl groups is 1. The quantitative estimate of drug-likeness (QED) is 0.275. The van der Waals surface area contributed by atoms with Crippen molar-refractivity contribution in [2.75, 3.05) is 6.61 Å². The predicted molar refractivity (Wildman–Crippen MR) is 139 cm³/mol. The second-order valence-electron chi connectivity index (χ2n) is 10.4. The molecule has 0 unspecified atom stereocenters. The maximum Gasteiger partial charge on any atom is 0.303 e. The lowest BCUT2D eigenvalue weighted by Crippen LogP contribution is -2.63. The van der Waals surface area contributed by atoms with E-state index in [1.165, 1.54) is 18.2 Å². The molecule has 1 heterocycles. The van der Waals surface area contributed by atoms with Crippen LogP contribution in [0.25, 0.3) is 0 Å². The second-order valence-corrected chi connectivity index (χ2v) is 10.4. The van der Waals surface area contributed by atoms with Crippen molar-refractivity contribution in [3.63, 3.8) is 0 Å². The van der Waals surface area contributed by atoms with E-state index < -0.39 is 90.7 Å². The van der Waals surface area contributed by atoms with Crippen LogP contribution in [0.3, 0.4) is 0 Å². The Morgan fingerprint density at radius 3 is 2.12 bits per heavy atom. The first-order valence-corrected chi connectivity index (χ1v) is 13.3. The SMILES string of the molecule is CC(=O)OC[C@@H]1O[C@H](Oc2cccc3c2C(=O)[C@@H]2CC(C)=C[C@@H](O)[C@@H]2C3=O)[C@@H](OC(C)=O)[C@H](OC(C)=O)[C@H]1OC(C)=O. The van der Waals surface area contributed by atoms with Gasteiger partial charge in [0.2, 0.25) is 12.4 Å². The summed E-state index contributed by atoms with van der Waals surface area (Å²) in [5, 5.41) is 10.6. The number of carbonyl (C=O) groups is 6. The van der Waals surface area contributed by atoms with Crippen molar-refractivity contribution in [2.45, 2.75) is 77.8 Å². The summed E-state index contributed by atoms with van der Waals surface area (Å²) in [7, 11) is 0. The molecule has 0 amide bonds. The highest BCUT2D eigenvalue weighted by atomic mass is 16.7. The van der Waals surface area contributed by atoms with Crippen molar-refractivity contribution in [1.82, 2.24) is 0 Å². The van der Waals surface area contributed by atoms with E-state index in [0.717, 1.165) is 33.3 Å². The highest BCUT2D eigenvalue weighted by Gasteiger charge is 2.54. The summed E-state index contributed by atoms with van der Waals surface area (Å²) in [6.45, 7) is 5.72. The van der Waals surface area contributed by atoms with Gasteiger partial charge >= 0.3 is 23.9 Å². The molecule has 1 aliphatic heterocycles. The molecule has 0 bridgehead atoms. The molecule has 0 radical (unpaired) electrons. The zero-order valence-electron chi connectivity index (χ0n) is 23.7. The van der Waals surface area contributed by atoms with Crippen LogP contribution in [0.4, 0.5) is 0 Å². The molecule has 0 saturated carbocycles. The molecule has 226 valence electrons. The summed E-state index contributed by atoms with van der Waals surface area (Å²) in [5.74, 6) is -5.84. The summed E-state index contributed by atoms with van der Waals surface area (Å²) in [6, 6.07) is 4.34. The summed E-state index contributed by atoms with van der Waals surface area (Å²) in [5.41, 5.74) is 0.751. The van der Waals surface area contributed by atoms with Gasteiger partial charge in [-0.05, 0) is 19.4 Å². The lowest BCUT2D eigenvalue weighted by molar-refractivity contribution is -0.288. The van der Waals surface area contributed by atoms with Gasteiger partial charge in [0.1, 0.15) is 18.5 Å². The first-order valence-electron chi connectivity index (χ1n) is 13.3. The average Bonchev–Trinajstić information content (AvgIpc) is 2.88. The van der Waals surface area contributed by atoms with Crippen LogP contribution >= 0.6 is 0 Å². The molecule has 1 fully saturated rings. The molecule has 1 saturated heterocycles. The van der Waals surface area contributed by atoms with E-state index in [2.05, 4.69) is 0 Å². The number of carbonyl (C=O) groups excluding carboxylic acids is 6. The van der Waals surface area contributed by atoms with Gasteiger partial charge in [0.15, 0.2) is 23.8 Å². The number of allylic oxidation sites excluding steroid dienone is 1. The fourth-order valence-electron chi connectivity index (χ4n) is 5.63. The van der Waals surface area contributed by atoms with E-state index in [1.54, 1.807) is 13.0 Å². The summed E-state index contributed by atoms with van der Waals surface area (Å²) in [4.78, 5) is 75.0. The molecule has 4 rings (SSSR count). The van der Waals surface area contributed by atoms with E-state index in [9.17, 15) is 33.9 Å². The van der Waals surface area contributed by atoms with Crippen molar-refractivity contribution in [2.24, 2.45) is 11.8 Å². The van der Waals surface area contributed by atoms with E-state index in [4.69, 9.17) is 28.4 Å². The Morgan fingerprint density at radius 1 is 0.881 bits per heavy atom. The van der Waals surface area contributed by atoms with E-state index in [-0.39, 0.29) is 23.3 Å². The maximum absolute atomic E-state index is 13.8. The number of Topliss-reactive ketones (excluding diaryl/α,β-unsaturated/α-hetero) is 2. The molecule has 0 aromatic heterocycles. The molecular formula is C29H32O13. The molecule has 1 N–H and O–H groups in total. The topological polar surface area (TPSA) is 178 Å². The molecule has 13 nitrogen and oxygen atoms in total. The van der Waals surface area contributed by atoms with Gasteiger partial charge in [0.25, 0.3) is 0 Å². The van der Waals surface area contributed by atoms with Crippen LogP contribution in [0.2, 0.25) is 0 Å². The fraction of sp³-hybridized carbons (Fsp3) is 0.517. The van der Waals surface area contributed by atoms with Crippen LogP contribution in [0, 0.1) is 11.8 Å². The van der Waals surface area contributed by atoms with Crippen LogP contribution in [-0.4, -0.2) is 84.0 Å². The minimum atomic E-state index is -1.59. The molecule has 42 heavy (non-hydrogen) atoms. The van der Waals surface area contributed by atoms with Crippen LogP contribution < -0.4 is 4.74 Å². The normalized spacial score (nSPS) is 30.2. The number of rotatable bonds is 7. The zero-order valence-corrected chi connectivity index (χ0v) is 23.7. The molecule has 1 aromatic carbocycles. The Hall–Kier alpha value is -4.10. The Kier molecular flexibility index (Phi) is 9.12. The summed E-state index contributed by atoms with van der Waals surface area (Å²) < 4.78 is 33.4. The Bertz CT molecular complexity index is 1330. The number of esters is 4. The number of hydrogen-bond acceptors (Lipinski definition) is 13. The highest BCUT2D eigenvalue weighted by Crippen LogP contribution is 2.43. The minimum absolute atomic E-state index is 0.0383. The third kappa shape index (κ3) is 6.36. The van der Waals surface area contributed by atoms with Crippen LogP contribution in [0.1, 0.15) is 61.8 Å². The number of fused-ring (bicyclic) bond motifs is 2. The van der Waals surface area contributed by atoms with Crippen LogP contribution in [-0.2, 0) is 42.9 Å². The lowest BCUT2D eigenvalue weighted by atomic mass is 9.66. The average molecular weight is 589 g/mol. The zero-order chi connectivity index (χ0) is 30.9. The number of aliphatic hydroxyl groups excluding tert-OH is 1. The molecule has 3 aliphatic rings. The highest BCUT2D eigenvalue weighted by molar-refractivity contribution is 6.17. The molecule has 13 heteroatoms. The van der Waals surface area contributed by atoms with Crippen LogP contribution in [0.15, 0.2) is 29.8 Å². The van der Waals surface area contributed by atoms with E-state index in [0.29, 0.717) is 0 Å². The summed E-state index contributed by atoms with van der Waals surface area (Å²) in [6.07, 6.45) is -6.53. The van der Waals surface area contributed by atoms with E-state index >= 15 is 0 Å². The Morgan fingerprint density at radius 2 is 1.50 bits per heavy atom. The third-order valence-electron chi connectivity index (χ3n) is 7.17. The molecular weight excluding hydrogens is 556 g/mol. The first kappa shape index (κ1) is 30.8. The van der Waals surface area contributed by atoms with Gasteiger partial charge in [0, 0.05) is 39.2 Å². The van der Waals surface area contributed by atoms with Crippen molar-refractivity contribution in [3.8, 4) is 5.75 Å². The largest absolute Gasteiger partial charge is 0.463 e. The van der Waals surface area contributed by atoms with E-state index in [1.807, 2.05) is 0 Å². The minimum Gasteiger partial charge on any atom is -0.463 e. The lowest BCUT2D eigenvalue weighted by Gasteiger charge is -2.44. The van der Waals surface area contributed by atoms with Crippen molar-refractivity contribution < 1.29 is 62.3 Å². The monoisotopic (exact) mass is 588 g/mol. The first-order chi connectivity index (χ1) is 19.8. The van der Waals surface area contributed by atoms with Crippen molar-refractivity contribution in [1.29, 1.82) is 0 Å². The Labute approximate surface area is 241 Å².